The average Bonchev–Trinajstić information content (AvgIpc) is 2.62. The van der Waals surface area contributed by atoms with E-state index in [1.807, 2.05) is 29.6 Å². The topological polar surface area (TPSA) is 58.4 Å². The number of rotatable bonds is 6. The van der Waals surface area contributed by atoms with Gasteiger partial charge in [-0.2, -0.15) is 5.10 Å². The molecule has 1 aromatic heterocycles. The highest BCUT2D eigenvalue weighted by atomic mass is 16.4. The van der Waals surface area contributed by atoms with Crippen LogP contribution in [0.25, 0.3) is 0 Å². The number of hydrogen-bond acceptors (Lipinski definition) is 3. The van der Waals surface area contributed by atoms with E-state index in [1.165, 1.54) is 0 Å². The molecule has 0 aliphatic heterocycles. The van der Waals surface area contributed by atoms with Crippen LogP contribution >= 0.6 is 0 Å². The zero-order valence-corrected chi connectivity index (χ0v) is 9.18. The van der Waals surface area contributed by atoms with Crippen molar-refractivity contribution in [3.8, 4) is 0 Å². The van der Waals surface area contributed by atoms with Crippen LogP contribution in [-0.4, -0.2) is 39.3 Å². The molecule has 0 aliphatic rings. The third kappa shape index (κ3) is 3.71. The van der Waals surface area contributed by atoms with Crippen molar-refractivity contribution in [2.75, 3.05) is 13.6 Å². The summed E-state index contributed by atoms with van der Waals surface area (Å²) in [6.07, 6.45) is 1.95. The fourth-order valence-corrected chi connectivity index (χ4v) is 1.42. The lowest BCUT2D eigenvalue weighted by molar-refractivity contribution is -0.137. The highest BCUT2D eigenvalue weighted by Crippen LogP contribution is 2.03. The van der Waals surface area contributed by atoms with E-state index in [-0.39, 0.29) is 6.42 Å². The number of carboxylic acid groups (broad SMARTS) is 1. The first-order valence-corrected chi connectivity index (χ1v) is 5.04. The number of aliphatic carboxylic acids is 1. The Morgan fingerprint density at radius 3 is 3.00 bits per heavy atom. The Balaban J connectivity index is 2.43. The lowest BCUT2D eigenvalue weighted by atomic mass is 10.3. The molecule has 5 nitrogen and oxygen atoms in total. The minimum absolute atomic E-state index is 0.177. The monoisotopic (exact) mass is 211 g/mol. The van der Waals surface area contributed by atoms with Gasteiger partial charge < -0.3 is 5.11 Å². The Morgan fingerprint density at radius 1 is 1.67 bits per heavy atom. The van der Waals surface area contributed by atoms with Gasteiger partial charge in [0.2, 0.25) is 0 Å². The quantitative estimate of drug-likeness (QED) is 0.756. The molecular weight excluding hydrogens is 194 g/mol. The second-order valence-electron chi connectivity index (χ2n) is 3.52. The van der Waals surface area contributed by atoms with Crippen molar-refractivity contribution in [3.63, 3.8) is 0 Å². The number of carboxylic acids is 1. The summed E-state index contributed by atoms with van der Waals surface area (Å²) < 4.78 is 1.91. The molecule has 84 valence electrons. The van der Waals surface area contributed by atoms with Gasteiger partial charge in [-0.25, -0.2) is 0 Å². The van der Waals surface area contributed by atoms with Gasteiger partial charge in [0.15, 0.2) is 0 Å². The van der Waals surface area contributed by atoms with E-state index in [0.717, 1.165) is 18.8 Å². The number of carbonyl (C=O) groups is 1. The maximum atomic E-state index is 10.4. The van der Waals surface area contributed by atoms with Gasteiger partial charge in [-0.1, -0.05) is 0 Å². The van der Waals surface area contributed by atoms with Gasteiger partial charge in [-0.15, -0.1) is 0 Å². The summed E-state index contributed by atoms with van der Waals surface area (Å²) in [6.45, 7) is 4.17. The van der Waals surface area contributed by atoms with Gasteiger partial charge in [-0.3, -0.25) is 14.4 Å². The molecule has 1 aromatic rings. The van der Waals surface area contributed by atoms with Crippen LogP contribution in [0.15, 0.2) is 12.3 Å². The standard InChI is InChI=1S/C10H17N3O2/c1-3-13-9(4-6-11-13)8-12(2)7-5-10(14)15/h4,6H,3,5,7-8H2,1-2H3,(H,14,15). The third-order valence-corrected chi connectivity index (χ3v) is 2.24. The fraction of sp³-hybridized carbons (Fsp3) is 0.600. The number of aromatic nitrogens is 2. The van der Waals surface area contributed by atoms with Crippen LogP contribution in [0, 0.1) is 0 Å². The summed E-state index contributed by atoms with van der Waals surface area (Å²) in [5.41, 5.74) is 1.12. The van der Waals surface area contributed by atoms with E-state index in [1.54, 1.807) is 6.20 Å². The highest BCUT2D eigenvalue weighted by molar-refractivity contribution is 5.66. The Labute approximate surface area is 89.3 Å². The Morgan fingerprint density at radius 2 is 2.40 bits per heavy atom. The maximum absolute atomic E-state index is 10.4. The predicted octanol–water partition coefficient (Wildman–Crippen LogP) is 0.809. The smallest absolute Gasteiger partial charge is 0.304 e. The van der Waals surface area contributed by atoms with Gasteiger partial charge in [0.1, 0.15) is 0 Å². The number of nitrogens with zero attached hydrogens (tertiary/aromatic N) is 3. The summed E-state index contributed by atoms with van der Waals surface area (Å²) in [4.78, 5) is 12.4. The average molecular weight is 211 g/mol. The molecule has 0 atom stereocenters. The van der Waals surface area contributed by atoms with E-state index in [0.29, 0.717) is 6.54 Å². The maximum Gasteiger partial charge on any atom is 0.304 e. The van der Waals surface area contributed by atoms with Crippen LogP contribution in [0.1, 0.15) is 19.0 Å². The van der Waals surface area contributed by atoms with Gasteiger partial charge in [0, 0.05) is 25.8 Å². The molecule has 1 N–H and O–H groups in total. The molecule has 0 radical (unpaired) electrons. The minimum Gasteiger partial charge on any atom is -0.481 e. The molecule has 0 fully saturated rings. The molecule has 15 heavy (non-hydrogen) atoms. The van der Waals surface area contributed by atoms with Crippen molar-refractivity contribution >= 4 is 5.97 Å². The second kappa shape index (κ2) is 5.50. The number of hydrogen-bond donors (Lipinski definition) is 1. The van der Waals surface area contributed by atoms with Gasteiger partial charge in [-0.05, 0) is 20.0 Å². The summed E-state index contributed by atoms with van der Waals surface area (Å²) in [6, 6.07) is 1.96. The first kappa shape index (κ1) is 11.7. The summed E-state index contributed by atoms with van der Waals surface area (Å²) in [5, 5.41) is 12.7. The molecule has 0 bridgehead atoms. The van der Waals surface area contributed by atoms with Crippen molar-refractivity contribution in [2.24, 2.45) is 0 Å². The normalized spacial score (nSPS) is 10.9. The van der Waals surface area contributed by atoms with Crippen LogP contribution in [0.5, 0.6) is 0 Å². The second-order valence-corrected chi connectivity index (χ2v) is 3.52. The van der Waals surface area contributed by atoms with Gasteiger partial charge >= 0.3 is 5.97 Å². The fourth-order valence-electron chi connectivity index (χ4n) is 1.42. The van der Waals surface area contributed by atoms with Crippen LogP contribution in [0.2, 0.25) is 0 Å². The van der Waals surface area contributed by atoms with Gasteiger partial charge in [0.05, 0.1) is 12.1 Å². The molecule has 0 saturated heterocycles. The summed E-state index contributed by atoms with van der Waals surface area (Å²) in [7, 11) is 1.91. The van der Waals surface area contributed by atoms with E-state index >= 15 is 0 Å². The highest BCUT2D eigenvalue weighted by Gasteiger charge is 2.06. The third-order valence-electron chi connectivity index (χ3n) is 2.24. The zero-order chi connectivity index (χ0) is 11.3. The minimum atomic E-state index is -0.758. The molecular formula is C10H17N3O2. The van der Waals surface area contributed by atoms with Crippen LogP contribution in [-0.2, 0) is 17.9 Å². The predicted molar refractivity (Wildman–Crippen MR) is 56.5 cm³/mol. The Kier molecular flexibility index (Phi) is 4.30. The van der Waals surface area contributed by atoms with Crippen molar-refractivity contribution in [2.45, 2.75) is 26.4 Å². The van der Waals surface area contributed by atoms with Crippen molar-refractivity contribution < 1.29 is 9.90 Å². The number of aryl methyl sites for hydroxylation is 1. The molecule has 0 aliphatic carbocycles. The summed E-state index contributed by atoms with van der Waals surface area (Å²) in [5.74, 6) is -0.758. The summed E-state index contributed by atoms with van der Waals surface area (Å²) >= 11 is 0. The van der Waals surface area contributed by atoms with Crippen molar-refractivity contribution in [1.29, 1.82) is 0 Å². The molecule has 0 saturated carbocycles. The molecule has 0 spiro atoms. The molecule has 1 heterocycles. The zero-order valence-electron chi connectivity index (χ0n) is 9.18. The Hall–Kier alpha value is -1.36. The van der Waals surface area contributed by atoms with Crippen LogP contribution in [0.3, 0.4) is 0 Å². The first-order valence-electron chi connectivity index (χ1n) is 5.04. The molecule has 0 unspecified atom stereocenters. The molecule has 0 amide bonds. The van der Waals surface area contributed by atoms with Crippen LogP contribution < -0.4 is 0 Å². The van der Waals surface area contributed by atoms with E-state index in [2.05, 4.69) is 5.10 Å². The molecule has 1 rings (SSSR count). The van der Waals surface area contributed by atoms with E-state index < -0.39 is 5.97 Å². The van der Waals surface area contributed by atoms with Crippen molar-refractivity contribution in [3.05, 3.63) is 18.0 Å². The largest absolute Gasteiger partial charge is 0.481 e. The molecule has 5 heteroatoms. The first-order chi connectivity index (χ1) is 7.13. The van der Waals surface area contributed by atoms with Gasteiger partial charge in [0.25, 0.3) is 0 Å². The molecule has 0 aromatic carbocycles. The lowest BCUT2D eigenvalue weighted by Gasteiger charge is -2.15. The van der Waals surface area contributed by atoms with E-state index in [4.69, 9.17) is 5.11 Å². The lowest BCUT2D eigenvalue weighted by Crippen LogP contribution is -2.23. The SMILES string of the molecule is CCn1nccc1CN(C)CCC(=O)O. The van der Waals surface area contributed by atoms with E-state index in [9.17, 15) is 4.79 Å². The Bertz CT molecular complexity index is 322. The van der Waals surface area contributed by atoms with Crippen LogP contribution in [0.4, 0.5) is 0 Å². The van der Waals surface area contributed by atoms with Crippen molar-refractivity contribution in [1.82, 2.24) is 14.7 Å².